The lowest BCUT2D eigenvalue weighted by molar-refractivity contribution is 0.466. The van der Waals surface area contributed by atoms with E-state index in [1.807, 2.05) is 30.3 Å². The molecule has 2 aromatic heterocycles. The van der Waals surface area contributed by atoms with Crippen LogP contribution >= 0.6 is 23.4 Å². The molecule has 0 N–H and O–H groups in total. The second-order valence-electron chi connectivity index (χ2n) is 4.34. The molecule has 1 aromatic carbocycles. The molecule has 0 aliphatic heterocycles. The van der Waals surface area contributed by atoms with Crippen LogP contribution < -0.4 is 0 Å². The molecule has 0 saturated carbocycles. The van der Waals surface area contributed by atoms with Gasteiger partial charge in [0, 0.05) is 28.7 Å². The van der Waals surface area contributed by atoms with Crippen LogP contribution in [0.15, 0.2) is 58.4 Å². The van der Waals surface area contributed by atoms with Gasteiger partial charge < -0.3 is 4.42 Å². The summed E-state index contributed by atoms with van der Waals surface area (Å²) in [4.78, 5) is 4.00. The highest BCUT2D eigenvalue weighted by atomic mass is 35.5. The fraction of sp³-hybridized carbons (Fsp3) is 0.133. The fourth-order valence-corrected chi connectivity index (χ4v) is 2.75. The van der Waals surface area contributed by atoms with Crippen molar-refractivity contribution in [2.75, 3.05) is 5.75 Å². The molecule has 106 valence electrons. The summed E-state index contributed by atoms with van der Waals surface area (Å²) in [5.74, 6) is 1.37. The van der Waals surface area contributed by atoms with Gasteiger partial charge in [-0.25, -0.2) is 0 Å². The van der Waals surface area contributed by atoms with Crippen LogP contribution in [-0.2, 0) is 6.42 Å². The van der Waals surface area contributed by atoms with Crippen LogP contribution in [0.2, 0.25) is 5.02 Å². The Morgan fingerprint density at radius 2 is 1.95 bits per heavy atom. The van der Waals surface area contributed by atoms with E-state index in [0.29, 0.717) is 16.1 Å². The van der Waals surface area contributed by atoms with Gasteiger partial charge in [0.15, 0.2) is 0 Å². The standard InChI is InChI=1S/C15H12ClN3OS/c16-13-3-1-2-12(10-13)14-18-19-15(20-14)21-9-6-11-4-7-17-8-5-11/h1-5,7-8,10H,6,9H2. The summed E-state index contributed by atoms with van der Waals surface area (Å²) in [6.45, 7) is 0. The molecule has 0 unspecified atom stereocenters. The van der Waals surface area contributed by atoms with E-state index in [9.17, 15) is 0 Å². The molecular weight excluding hydrogens is 306 g/mol. The Hall–Kier alpha value is -1.85. The lowest BCUT2D eigenvalue weighted by Gasteiger charge is -1.98. The molecule has 0 atom stereocenters. The number of hydrogen-bond acceptors (Lipinski definition) is 5. The van der Waals surface area contributed by atoms with Crippen molar-refractivity contribution < 1.29 is 4.42 Å². The van der Waals surface area contributed by atoms with E-state index in [1.54, 1.807) is 30.2 Å². The zero-order valence-electron chi connectivity index (χ0n) is 11.1. The molecule has 21 heavy (non-hydrogen) atoms. The summed E-state index contributed by atoms with van der Waals surface area (Å²) >= 11 is 7.49. The van der Waals surface area contributed by atoms with Crippen molar-refractivity contribution in [3.8, 4) is 11.5 Å². The third-order valence-corrected chi connectivity index (χ3v) is 3.90. The van der Waals surface area contributed by atoms with Gasteiger partial charge in [0.2, 0.25) is 5.89 Å². The number of thioether (sulfide) groups is 1. The molecule has 0 bridgehead atoms. The van der Waals surface area contributed by atoms with Gasteiger partial charge in [0.05, 0.1) is 0 Å². The van der Waals surface area contributed by atoms with Crippen LogP contribution in [0.25, 0.3) is 11.5 Å². The highest BCUT2D eigenvalue weighted by molar-refractivity contribution is 7.99. The van der Waals surface area contributed by atoms with Crippen molar-refractivity contribution in [3.05, 3.63) is 59.4 Å². The van der Waals surface area contributed by atoms with E-state index in [2.05, 4.69) is 15.2 Å². The molecule has 3 aromatic rings. The van der Waals surface area contributed by atoms with E-state index in [1.165, 1.54) is 5.56 Å². The Bertz CT molecular complexity index is 718. The fourth-order valence-electron chi connectivity index (χ4n) is 1.81. The van der Waals surface area contributed by atoms with E-state index in [-0.39, 0.29) is 0 Å². The summed E-state index contributed by atoms with van der Waals surface area (Å²) in [6, 6.07) is 11.4. The molecule has 4 nitrogen and oxygen atoms in total. The molecule has 0 radical (unpaired) electrons. The van der Waals surface area contributed by atoms with Crippen LogP contribution in [0.3, 0.4) is 0 Å². The number of aromatic nitrogens is 3. The minimum absolute atomic E-state index is 0.490. The van der Waals surface area contributed by atoms with Gasteiger partial charge in [0.25, 0.3) is 5.22 Å². The zero-order chi connectivity index (χ0) is 14.5. The second kappa shape index (κ2) is 6.74. The molecule has 3 rings (SSSR count). The topological polar surface area (TPSA) is 51.8 Å². The van der Waals surface area contributed by atoms with Crippen LogP contribution in [0.1, 0.15) is 5.56 Å². The Kier molecular flexibility index (Phi) is 4.52. The minimum Gasteiger partial charge on any atom is -0.411 e. The monoisotopic (exact) mass is 317 g/mol. The summed E-state index contributed by atoms with van der Waals surface area (Å²) in [5.41, 5.74) is 2.07. The van der Waals surface area contributed by atoms with Crippen molar-refractivity contribution >= 4 is 23.4 Å². The number of pyridine rings is 1. The first kappa shape index (κ1) is 14.1. The van der Waals surface area contributed by atoms with Crippen molar-refractivity contribution in [3.63, 3.8) is 0 Å². The quantitative estimate of drug-likeness (QED) is 0.662. The third-order valence-electron chi connectivity index (χ3n) is 2.84. The van der Waals surface area contributed by atoms with Crippen LogP contribution in [-0.4, -0.2) is 20.9 Å². The molecule has 0 aliphatic carbocycles. The van der Waals surface area contributed by atoms with Gasteiger partial charge in [-0.15, -0.1) is 10.2 Å². The van der Waals surface area contributed by atoms with E-state index < -0.39 is 0 Å². The van der Waals surface area contributed by atoms with Crippen molar-refractivity contribution in [1.29, 1.82) is 0 Å². The van der Waals surface area contributed by atoms with Crippen molar-refractivity contribution in [1.82, 2.24) is 15.2 Å². The van der Waals surface area contributed by atoms with Crippen LogP contribution in [0.4, 0.5) is 0 Å². The number of halogens is 1. The molecule has 6 heteroatoms. The molecular formula is C15H12ClN3OS. The molecule has 0 amide bonds. The molecule has 0 spiro atoms. The second-order valence-corrected chi connectivity index (χ2v) is 5.82. The van der Waals surface area contributed by atoms with E-state index >= 15 is 0 Å². The summed E-state index contributed by atoms with van der Waals surface area (Å²) in [7, 11) is 0. The number of hydrogen-bond donors (Lipinski definition) is 0. The van der Waals surface area contributed by atoms with E-state index in [4.69, 9.17) is 16.0 Å². The number of nitrogens with zero attached hydrogens (tertiary/aromatic N) is 3. The maximum Gasteiger partial charge on any atom is 0.276 e. The average Bonchev–Trinajstić information content (AvgIpc) is 2.97. The lowest BCUT2D eigenvalue weighted by Crippen LogP contribution is -1.88. The minimum atomic E-state index is 0.490. The molecule has 0 aliphatic rings. The lowest BCUT2D eigenvalue weighted by atomic mass is 10.2. The number of benzene rings is 1. The zero-order valence-corrected chi connectivity index (χ0v) is 12.6. The predicted molar refractivity (Wildman–Crippen MR) is 83.4 cm³/mol. The van der Waals surface area contributed by atoms with Gasteiger partial charge >= 0.3 is 0 Å². The number of rotatable bonds is 5. The summed E-state index contributed by atoms with van der Waals surface area (Å²) in [6.07, 6.45) is 4.52. The smallest absolute Gasteiger partial charge is 0.276 e. The Balaban J connectivity index is 1.60. The van der Waals surface area contributed by atoms with Gasteiger partial charge in [-0.3, -0.25) is 4.98 Å². The van der Waals surface area contributed by atoms with Gasteiger partial charge in [-0.05, 0) is 42.3 Å². The van der Waals surface area contributed by atoms with Crippen LogP contribution in [0, 0.1) is 0 Å². The summed E-state index contributed by atoms with van der Waals surface area (Å²) < 4.78 is 5.63. The first-order valence-electron chi connectivity index (χ1n) is 6.42. The van der Waals surface area contributed by atoms with Gasteiger partial charge in [-0.2, -0.15) is 0 Å². The normalized spacial score (nSPS) is 10.7. The summed E-state index contributed by atoms with van der Waals surface area (Å²) in [5, 5.41) is 9.31. The largest absolute Gasteiger partial charge is 0.411 e. The third kappa shape index (κ3) is 3.83. The molecule has 0 saturated heterocycles. The highest BCUT2D eigenvalue weighted by Crippen LogP contribution is 2.25. The average molecular weight is 318 g/mol. The predicted octanol–water partition coefficient (Wildman–Crippen LogP) is 4.12. The molecule has 0 fully saturated rings. The first-order valence-corrected chi connectivity index (χ1v) is 7.79. The SMILES string of the molecule is Clc1cccc(-c2nnc(SCCc3ccncc3)o2)c1. The molecule has 2 heterocycles. The highest BCUT2D eigenvalue weighted by Gasteiger charge is 2.09. The maximum atomic E-state index is 5.95. The Morgan fingerprint density at radius 3 is 2.76 bits per heavy atom. The maximum absolute atomic E-state index is 5.95. The Morgan fingerprint density at radius 1 is 1.10 bits per heavy atom. The van der Waals surface area contributed by atoms with Crippen LogP contribution in [0.5, 0.6) is 0 Å². The number of aryl methyl sites for hydroxylation is 1. The van der Waals surface area contributed by atoms with Gasteiger partial charge in [0.1, 0.15) is 0 Å². The van der Waals surface area contributed by atoms with E-state index in [0.717, 1.165) is 17.7 Å². The first-order chi connectivity index (χ1) is 10.3. The van der Waals surface area contributed by atoms with Crippen molar-refractivity contribution in [2.45, 2.75) is 11.6 Å². The van der Waals surface area contributed by atoms with Crippen molar-refractivity contribution in [2.24, 2.45) is 0 Å². The van der Waals surface area contributed by atoms with Gasteiger partial charge in [-0.1, -0.05) is 29.4 Å². The Labute approximate surface area is 131 Å².